The van der Waals surface area contributed by atoms with E-state index in [4.69, 9.17) is 0 Å². The van der Waals surface area contributed by atoms with Gasteiger partial charge in [0.05, 0.1) is 0 Å². The second kappa shape index (κ2) is 4.26. The molecule has 12 heavy (non-hydrogen) atoms. The molecule has 0 spiro atoms. The van der Waals surface area contributed by atoms with Gasteiger partial charge in [-0.15, -0.1) is 6.58 Å². The van der Waals surface area contributed by atoms with Gasteiger partial charge < -0.3 is 0 Å². The van der Waals surface area contributed by atoms with E-state index < -0.39 is 0 Å². The Labute approximate surface area is 77.1 Å². The van der Waals surface area contributed by atoms with E-state index in [2.05, 4.69) is 16.5 Å². The summed E-state index contributed by atoms with van der Waals surface area (Å²) in [6.07, 6.45) is 1.85. The van der Waals surface area contributed by atoms with E-state index in [1.54, 1.807) is 11.8 Å². The highest BCUT2D eigenvalue weighted by atomic mass is 32.2. The van der Waals surface area contributed by atoms with Crippen molar-refractivity contribution < 1.29 is 0 Å². The fraction of sp³-hybridized carbons (Fsp3) is 0.333. The average Bonchev–Trinajstić information content (AvgIpc) is 1.99. The van der Waals surface area contributed by atoms with Crippen LogP contribution in [0.2, 0.25) is 0 Å². The monoisotopic (exact) mass is 180 g/mol. The SMILES string of the molecule is C=CCSc1nc(C)cc(C)n1. The molecule has 0 bridgehead atoms. The molecule has 1 aromatic heterocycles. The van der Waals surface area contributed by atoms with Crippen molar-refractivity contribution in [3.63, 3.8) is 0 Å². The molecule has 1 heterocycles. The molecule has 0 radical (unpaired) electrons. The molecule has 0 aromatic carbocycles. The van der Waals surface area contributed by atoms with Gasteiger partial charge in [0.25, 0.3) is 0 Å². The Hall–Kier alpha value is -0.830. The second-order valence-corrected chi connectivity index (χ2v) is 3.52. The Bertz CT molecular complexity index is 264. The quantitative estimate of drug-likeness (QED) is 0.406. The largest absolute Gasteiger partial charge is 0.228 e. The average molecular weight is 180 g/mol. The van der Waals surface area contributed by atoms with E-state index in [-0.39, 0.29) is 0 Å². The maximum Gasteiger partial charge on any atom is 0.188 e. The molecule has 0 fully saturated rings. The summed E-state index contributed by atoms with van der Waals surface area (Å²) in [4.78, 5) is 8.55. The third kappa shape index (κ3) is 2.66. The highest BCUT2D eigenvalue weighted by Crippen LogP contribution is 2.13. The van der Waals surface area contributed by atoms with Gasteiger partial charge in [-0.05, 0) is 19.9 Å². The molecule has 1 aromatic rings. The third-order valence-corrected chi connectivity index (χ3v) is 2.14. The number of aryl methyl sites for hydroxylation is 2. The van der Waals surface area contributed by atoms with Gasteiger partial charge in [-0.25, -0.2) is 9.97 Å². The molecule has 2 nitrogen and oxygen atoms in total. The smallest absolute Gasteiger partial charge is 0.188 e. The first-order valence-electron chi connectivity index (χ1n) is 3.78. The summed E-state index contributed by atoms with van der Waals surface area (Å²) in [6.45, 7) is 7.60. The molecule has 0 unspecified atom stereocenters. The van der Waals surface area contributed by atoms with E-state index in [1.165, 1.54) is 0 Å². The lowest BCUT2D eigenvalue weighted by molar-refractivity contribution is 0.903. The van der Waals surface area contributed by atoms with Gasteiger partial charge in [0.1, 0.15) is 0 Å². The number of nitrogens with zero attached hydrogens (tertiary/aromatic N) is 2. The summed E-state index contributed by atoms with van der Waals surface area (Å²) >= 11 is 1.61. The number of aromatic nitrogens is 2. The van der Waals surface area contributed by atoms with Crippen LogP contribution in [0, 0.1) is 13.8 Å². The lowest BCUT2D eigenvalue weighted by Gasteiger charge is -1.99. The van der Waals surface area contributed by atoms with Crippen molar-refractivity contribution in [3.05, 3.63) is 30.1 Å². The van der Waals surface area contributed by atoms with Crippen molar-refractivity contribution in [2.75, 3.05) is 5.75 Å². The first-order chi connectivity index (χ1) is 5.72. The van der Waals surface area contributed by atoms with E-state index in [1.807, 2.05) is 26.0 Å². The van der Waals surface area contributed by atoms with Crippen LogP contribution in [0.1, 0.15) is 11.4 Å². The van der Waals surface area contributed by atoms with Crippen molar-refractivity contribution in [2.45, 2.75) is 19.0 Å². The van der Waals surface area contributed by atoms with E-state index in [0.29, 0.717) is 0 Å². The molecule has 1 rings (SSSR count). The molecular weight excluding hydrogens is 168 g/mol. The second-order valence-electron chi connectivity index (χ2n) is 2.53. The predicted octanol–water partition coefficient (Wildman–Crippen LogP) is 2.37. The highest BCUT2D eigenvalue weighted by Gasteiger charge is 1.97. The Morgan fingerprint density at radius 3 is 2.50 bits per heavy atom. The fourth-order valence-electron chi connectivity index (χ4n) is 0.892. The normalized spacial score (nSPS) is 9.83. The van der Waals surface area contributed by atoms with Crippen molar-refractivity contribution in [1.82, 2.24) is 9.97 Å². The van der Waals surface area contributed by atoms with E-state index in [9.17, 15) is 0 Å². The molecule has 0 aliphatic heterocycles. The fourth-order valence-corrected chi connectivity index (χ4v) is 1.58. The maximum atomic E-state index is 4.28. The van der Waals surface area contributed by atoms with Crippen LogP contribution in [-0.4, -0.2) is 15.7 Å². The summed E-state index contributed by atoms with van der Waals surface area (Å²) in [6, 6.07) is 1.97. The minimum absolute atomic E-state index is 0.840. The zero-order valence-electron chi connectivity index (χ0n) is 7.37. The molecule has 0 saturated carbocycles. The molecule has 3 heteroatoms. The van der Waals surface area contributed by atoms with Crippen LogP contribution in [0.15, 0.2) is 23.9 Å². The lowest BCUT2D eigenvalue weighted by atomic mass is 10.4. The Kier molecular flexibility index (Phi) is 3.29. The van der Waals surface area contributed by atoms with Crippen LogP contribution in [0.4, 0.5) is 0 Å². The summed E-state index contributed by atoms with van der Waals surface area (Å²) < 4.78 is 0. The summed E-state index contributed by atoms with van der Waals surface area (Å²) in [5.74, 6) is 0.864. The summed E-state index contributed by atoms with van der Waals surface area (Å²) in [5, 5.41) is 0.840. The predicted molar refractivity (Wildman–Crippen MR) is 52.4 cm³/mol. The molecule has 0 aliphatic carbocycles. The minimum atomic E-state index is 0.840. The van der Waals surface area contributed by atoms with Crippen molar-refractivity contribution in [3.8, 4) is 0 Å². The van der Waals surface area contributed by atoms with Gasteiger partial charge >= 0.3 is 0 Å². The molecule has 0 atom stereocenters. The Balaban J connectivity index is 2.78. The molecule has 0 aliphatic rings. The van der Waals surface area contributed by atoms with Gasteiger partial charge in [-0.3, -0.25) is 0 Å². The maximum absolute atomic E-state index is 4.28. The summed E-state index contributed by atoms with van der Waals surface area (Å²) in [5.41, 5.74) is 2.04. The van der Waals surface area contributed by atoms with Crippen LogP contribution in [0.5, 0.6) is 0 Å². The number of thioether (sulfide) groups is 1. The van der Waals surface area contributed by atoms with E-state index in [0.717, 1.165) is 22.3 Å². The van der Waals surface area contributed by atoms with E-state index >= 15 is 0 Å². The first kappa shape index (κ1) is 9.26. The lowest BCUT2D eigenvalue weighted by Crippen LogP contribution is -1.92. The van der Waals surface area contributed by atoms with Gasteiger partial charge in [0.2, 0.25) is 0 Å². The minimum Gasteiger partial charge on any atom is -0.228 e. The molecule has 64 valence electrons. The number of hydrogen-bond donors (Lipinski definition) is 0. The van der Waals surface area contributed by atoms with Gasteiger partial charge in [0, 0.05) is 17.1 Å². The first-order valence-corrected chi connectivity index (χ1v) is 4.77. The summed E-state index contributed by atoms with van der Waals surface area (Å²) in [7, 11) is 0. The van der Waals surface area contributed by atoms with Crippen LogP contribution in [0.3, 0.4) is 0 Å². The topological polar surface area (TPSA) is 25.8 Å². The van der Waals surface area contributed by atoms with Crippen molar-refractivity contribution in [2.24, 2.45) is 0 Å². The van der Waals surface area contributed by atoms with Crippen molar-refractivity contribution >= 4 is 11.8 Å². The van der Waals surface area contributed by atoms with Crippen molar-refractivity contribution in [1.29, 1.82) is 0 Å². The van der Waals surface area contributed by atoms with Gasteiger partial charge in [-0.2, -0.15) is 0 Å². The van der Waals surface area contributed by atoms with Gasteiger partial charge in [0.15, 0.2) is 5.16 Å². The number of hydrogen-bond acceptors (Lipinski definition) is 3. The highest BCUT2D eigenvalue weighted by molar-refractivity contribution is 7.99. The zero-order valence-corrected chi connectivity index (χ0v) is 8.19. The van der Waals surface area contributed by atoms with Crippen LogP contribution >= 0.6 is 11.8 Å². The van der Waals surface area contributed by atoms with Crippen LogP contribution < -0.4 is 0 Å². The Morgan fingerprint density at radius 2 is 2.00 bits per heavy atom. The molecule has 0 saturated heterocycles. The van der Waals surface area contributed by atoms with Crippen LogP contribution in [0.25, 0.3) is 0 Å². The molecule has 0 amide bonds. The molecule has 0 N–H and O–H groups in total. The molecular formula is C9H12N2S. The Morgan fingerprint density at radius 1 is 1.42 bits per heavy atom. The number of rotatable bonds is 3. The zero-order chi connectivity index (χ0) is 8.97. The van der Waals surface area contributed by atoms with Crippen LogP contribution in [-0.2, 0) is 0 Å². The third-order valence-electron chi connectivity index (χ3n) is 1.29. The van der Waals surface area contributed by atoms with Gasteiger partial charge in [-0.1, -0.05) is 17.8 Å². The standard InChI is InChI=1S/C9H12N2S/c1-4-5-12-9-10-7(2)6-8(3)11-9/h4,6H,1,5H2,2-3H3.